The summed E-state index contributed by atoms with van der Waals surface area (Å²) in [5.41, 5.74) is 7.83. The number of phenolic OH excluding ortho intramolecular Hbond substituents is 1. The van der Waals surface area contributed by atoms with Crippen LogP contribution in [0.15, 0.2) is 36.5 Å². The van der Waals surface area contributed by atoms with Gasteiger partial charge in [-0.15, -0.1) is 5.92 Å². The molecule has 5 N–H and O–H groups in total. The average Bonchev–Trinajstić information content (AvgIpc) is 2.92. The number of phenols is 1. The molecule has 208 valence electrons. The highest BCUT2D eigenvalue weighted by atomic mass is 16.5. The Hall–Kier alpha value is -2.79. The second kappa shape index (κ2) is 16.2. The fourth-order valence-electron chi connectivity index (χ4n) is 5.04. The summed E-state index contributed by atoms with van der Waals surface area (Å²) in [6.45, 7) is 2.88. The van der Waals surface area contributed by atoms with Crippen LogP contribution in [0.4, 0.5) is 5.82 Å². The Labute approximate surface area is 227 Å². The predicted molar refractivity (Wildman–Crippen MR) is 150 cm³/mol. The maximum atomic E-state index is 11.2. The summed E-state index contributed by atoms with van der Waals surface area (Å²) in [6.07, 6.45) is 9.50. The van der Waals surface area contributed by atoms with Crippen molar-refractivity contribution in [1.82, 2.24) is 4.98 Å². The van der Waals surface area contributed by atoms with Gasteiger partial charge in [0.05, 0.1) is 32.0 Å². The SMILES string of the molecule is CCC1C#CCC(C(O)CCc2ccc(O)c(OCCCc3ccnc(N)c3)c2)C(OCCO)CCCC1. The molecule has 1 aliphatic carbocycles. The molecule has 0 amide bonds. The Morgan fingerprint density at radius 1 is 1.11 bits per heavy atom. The van der Waals surface area contributed by atoms with Crippen LogP contribution in [0, 0.1) is 23.7 Å². The number of aliphatic hydroxyl groups excluding tert-OH is 2. The molecular weight excluding hydrogens is 480 g/mol. The van der Waals surface area contributed by atoms with Gasteiger partial charge in [0.2, 0.25) is 0 Å². The summed E-state index contributed by atoms with van der Waals surface area (Å²) in [7, 11) is 0. The van der Waals surface area contributed by atoms with E-state index >= 15 is 0 Å². The molecule has 4 atom stereocenters. The largest absolute Gasteiger partial charge is 0.504 e. The maximum absolute atomic E-state index is 11.2. The number of nitrogens with zero attached hydrogens (tertiary/aromatic N) is 1. The monoisotopic (exact) mass is 524 g/mol. The van der Waals surface area contributed by atoms with E-state index in [9.17, 15) is 15.3 Å². The molecule has 0 fully saturated rings. The van der Waals surface area contributed by atoms with Crippen LogP contribution in [-0.2, 0) is 17.6 Å². The first-order chi connectivity index (χ1) is 18.5. The second-order valence-corrected chi connectivity index (χ2v) is 10.2. The molecule has 0 aliphatic heterocycles. The van der Waals surface area contributed by atoms with Crippen LogP contribution in [0.5, 0.6) is 11.5 Å². The van der Waals surface area contributed by atoms with E-state index in [-0.39, 0.29) is 31.0 Å². The molecule has 0 bridgehead atoms. The van der Waals surface area contributed by atoms with E-state index < -0.39 is 6.10 Å². The van der Waals surface area contributed by atoms with E-state index in [1.54, 1.807) is 12.3 Å². The molecule has 0 spiro atoms. The number of anilines is 1. The minimum atomic E-state index is -0.585. The van der Waals surface area contributed by atoms with E-state index in [0.29, 0.717) is 43.4 Å². The first-order valence-corrected chi connectivity index (χ1v) is 14.0. The smallest absolute Gasteiger partial charge is 0.161 e. The number of aliphatic hydroxyl groups is 2. The van der Waals surface area contributed by atoms with Crippen LogP contribution in [0.2, 0.25) is 0 Å². The van der Waals surface area contributed by atoms with Crippen molar-refractivity contribution in [3.63, 3.8) is 0 Å². The van der Waals surface area contributed by atoms with E-state index in [2.05, 4.69) is 23.7 Å². The third kappa shape index (κ3) is 9.83. The number of aromatic hydroxyl groups is 1. The van der Waals surface area contributed by atoms with Gasteiger partial charge in [-0.3, -0.25) is 0 Å². The molecule has 2 aromatic rings. The number of hydrogen-bond donors (Lipinski definition) is 4. The highest BCUT2D eigenvalue weighted by Crippen LogP contribution is 2.30. The number of nitrogens with two attached hydrogens (primary N) is 1. The summed E-state index contributed by atoms with van der Waals surface area (Å²) in [5.74, 6) is 8.11. The highest BCUT2D eigenvalue weighted by Gasteiger charge is 2.29. The number of nitrogen functional groups attached to an aromatic ring is 1. The third-order valence-electron chi connectivity index (χ3n) is 7.29. The lowest BCUT2D eigenvalue weighted by Gasteiger charge is -2.30. The lowest BCUT2D eigenvalue weighted by molar-refractivity contribution is -0.0515. The van der Waals surface area contributed by atoms with Crippen molar-refractivity contribution in [1.29, 1.82) is 0 Å². The molecular formula is C31H44N2O5. The average molecular weight is 525 g/mol. The van der Waals surface area contributed by atoms with Gasteiger partial charge >= 0.3 is 0 Å². The van der Waals surface area contributed by atoms with E-state index in [0.717, 1.165) is 56.1 Å². The minimum absolute atomic E-state index is 0.0319. The Morgan fingerprint density at radius 2 is 1.92 bits per heavy atom. The van der Waals surface area contributed by atoms with Crippen LogP contribution >= 0.6 is 0 Å². The van der Waals surface area contributed by atoms with Crippen LogP contribution in [0.25, 0.3) is 0 Å². The summed E-state index contributed by atoms with van der Waals surface area (Å²) in [5, 5.41) is 30.8. The van der Waals surface area contributed by atoms with E-state index in [1.807, 2.05) is 24.3 Å². The van der Waals surface area contributed by atoms with Gasteiger partial charge in [-0.1, -0.05) is 31.8 Å². The molecule has 7 nitrogen and oxygen atoms in total. The lowest BCUT2D eigenvalue weighted by atomic mass is 9.85. The molecule has 3 rings (SSSR count). The molecule has 0 saturated carbocycles. The standard InChI is InChI=1S/C31H44N2O5/c1-2-23-7-3-4-11-29(38-20-18-34)26(10-5-8-23)27(35)14-12-25-13-15-28(36)30(21-25)37-19-6-9-24-16-17-33-31(32)22-24/h13,15-17,21-23,26-27,29,34-36H,2-4,6-7,9-12,14,18-20H2,1H3,(H2,32,33). The van der Waals surface area contributed by atoms with Crippen molar-refractivity contribution in [2.75, 3.05) is 25.6 Å². The summed E-state index contributed by atoms with van der Waals surface area (Å²) in [4.78, 5) is 4.01. The second-order valence-electron chi connectivity index (χ2n) is 10.2. The van der Waals surface area contributed by atoms with E-state index in [1.165, 1.54) is 0 Å². The van der Waals surface area contributed by atoms with Crippen molar-refractivity contribution in [2.24, 2.45) is 11.8 Å². The van der Waals surface area contributed by atoms with Crippen molar-refractivity contribution >= 4 is 5.82 Å². The van der Waals surface area contributed by atoms with Crippen LogP contribution < -0.4 is 10.5 Å². The molecule has 7 heteroatoms. The number of hydrogen-bond acceptors (Lipinski definition) is 7. The Kier molecular flexibility index (Phi) is 12.7. The fraction of sp³-hybridized carbons (Fsp3) is 0.581. The number of benzene rings is 1. The number of pyridine rings is 1. The number of aryl methyl sites for hydroxylation is 2. The predicted octanol–water partition coefficient (Wildman–Crippen LogP) is 4.66. The topological polar surface area (TPSA) is 118 Å². The number of ether oxygens (including phenoxy) is 2. The van der Waals surface area contributed by atoms with Gasteiger partial charge in [0.1, 0.15) is 5.82 Å². The number of rotatable bonds is 13. The van der Waals surface area contributed by atoms with Crippen molar-refractivity contribution < 1.29 is 24.8 Å². The van der Waals surface area contributed by atoms with Crippen molar-refractivity contribution in [3.05, 3.63) is 47.7 Å². The highest BCUT2D eigenvalue weighted by molar-refractivity contribution is 5.42. The Morgan fingerprint density at radius 3 is 2.71 bits per heavy atom. The van der Waals surface area contributed by atoms with Crippen LogP contribution in [0.3, 0.4) is 0 Å². The van der Waals surface area contributed by atoms with Crippen molar-refractivity contribution in [2.45, 2.75) is 83.3 Å². The zero-order chi connectivity index (χ0) is 27.2. The minimum Gasteiger partial charge on any atom is -0.504 e. The van der Waals surface area contributed by atoms with Gasteiger partial charge in [-0.25, -0.2) is 4.98 Å². The lowest BCUT2D eigenvalue weighted by Crippen LogP contribution is -2.35. The molecule has 0 radical (unpaired) electrons. The Balaban J connectivity index is 1.58. The molecule has 1 aliphatic rings. The molecule has 1 aromatic heterocycles. The van der Waals surface area contributed by atoms with Gasteiger partial charge < -0.3 is 30.5 Å². The van der Waals surface area contributed by atoms with Gasteiger partial charge in [0, 0.05) is 24.5 Å². The fourth-order valence-corrected chi connectivity index (χ4v) is 5.04. The van der Waals surface area contributed by atoms with Gasteiger partial charge in [-0.2, -0.15) is 0 Å². The molecule has 0 saturated heterocycles. The Bertz CT molecular complexity index is 1030. The summed E-state index contributed by atoms with van der Waals surface area (Å²) >= 11 is 0. The van der Waals surface area contributed by atoms with Crippen molar-refractivity contribution in [3.8, 4) is 23.3 Å². The van der Waals surface area contributed by atoms with E-state index in [4.69, 9.17) is 15.2 Å². The van der Waals surface area contributed by atoms with Gasteiger partial charge in [0.15, 0.2) is 11.5 Å². The zero-order valence-electron chi connectivity index (χ0n) is 22.6. The molecule has 4 unspecified atom stereocenters. The quantitative estimate of drug-likeness (QED) is 0.222. The maximum Gasteiger partial charge on any atom is 0.161 e. The molecule has 1 heterocycles. The van der Waals surface area contributed by atoms with Gasteiger partial charge in [-0.05, 0) is 80.3 Å². The first kappa shape index (κ1) is 29.8. The van der Waals surface area contributed by atoms with Gasteiger partial charge in [0.25, 0.3) is 0 Å². The number of aromatic nitrogens is 1. The molecule has 38 heavy (non-hydrogen) atoms. The first-order valence-electron chi connectivity index (χ1n) is 14.0. The zero-order valence-corrected chi connectivity index (χ0v) is 22.6. The third-order valence-corrected chi connectivity index (χ3v) is 7.29. The normalized spacial score (nSPS) is 20.8. The molecule has 1 aromatic carbocycles. The summed E-state index contributed by atoms with van der Waals surface area (Å²) in [6, 6.07) is 9.16. The summed E-state index contributed by atoms with van der Waals surface area (Å²) < 4.78 is 11.9. The van der Waals surface area contributed by atoms with Crippen LogP contribution in [-0.4, -0.2) is 52.3 Å². The van der Waals surface area contributed by atoms with Crippen LogP contribution in [0.1, 0.15) is 69.4 Å².